The van der Waals surface area contributed by atoms with Crippen LogP contribution in [0.25, 0.3) is 11.3 Å². The van der Waals surface area contributed by atoms with Crippen LogP contribution in [-0.4, -0.2) is 28.9 Å². The van der Waals surface area contributed by atoms with Crippen molar-refractivity contribution in [2.75, 3.05) is 0 Å². The highest BCUT2D eigenvalue weighted by Crippen LogP contribution is 2.33. The van der Waals surface area contributed by atoms with Gasteiger partial charge in [-0.05, 0) is 31.9 Å². The van der Waals surface area contributed by atoms with Gasteiger partial charge < -0.3 is 9.84 Å². The van der Waals surface area contributed by atoms with Crippen LogP contribution < -0.4 is 16.2 Å². The normalized spacial score (nSPS) is 13.2. The van der Waals surface area contributed by atoms with Gasteiger partial charge >= 0.3 is 11.8 Å². The van der Waals surface area contributed by atoms with Gasteiger partial charge in [0.05, 0.1) is 10.6 Å². The zero-order chi connectivity index (χ0) is 18.8. The fraction of sp³-hybridized carbons (Fsp3) is 0.250. The lowest BCUT2D eigenvalue weighted by molar-refractivity contribution is -0.139. The summed E-state index contributed by atoms with van der Waals surface area (Å²) in [4.78, 5) is 35.6. The van der Waals surface area contributed by atoms with Crippen LogP contribution in [0.4, 0.5) is 4.39 Å². The van der Waals surface area contributed by atoms with E-state index in [-0.39, 0.29) is 33.6 Å². The van der Waals surface area contributed by atoms with Gasteiger partial charge in [-0.25, -0.2) is 4.39 Å². The van der Waals surface area contributed by atoms with Crippen LogP contribution in [0.15, 0.2) is 22.7 Å². The average Bonchev–Trinajstić information content (AvgIpc) is 3.33. The second kappa shape index (κ2) is 7.12. The molecule has 0 saturated heterocycles. The molecule has 0 atom stereocenters. The maximum atomic E-state index is 14.1. The monoisotopic (exact) mass is 380 g/mol. The number of aryl methyl sites for hydroxylation is 1. The van der Waals surface area contributed by atoms with Crippen molar-refractivity contribution in [2.45, 2.75) is 25.8 Å². The number of carbonyl (C=O) groups excluding carboxylic acids is 3. The third-order valence-corrected chi connectivity index (χ3v) is 4.01. The molecule has 0 aliphatic heterocycles. The van der Waals surface area contributed by atoms with E-state index in [1.54, 1.807) is 0 Å². The Morgan fingerprint density at radius 3 is 2.62 bits per heavy atom. The highest BCUT2D eigenvalue weighted by molar-refractivity contribution is 6.35. The molecule has 3 N–H and O–H groups in total. The Bertz CT molecular complexity index is 874. The SMILES string of the molecule is Cc1onc(-c2c(F)cccc2Cl)c1C(=O)NNC(=O)C(=O)NC1CC1. The number of halogens is 2. The maximum absolute atomic E-state index is 14.1. The number of nitrogens with one attached hydrogen (secondary N) is 3. The van der Waals surface area contributed by atoms with Crippen molar-refractivity contribution in [2.24, 2.45) is 0 Å². The summed E-state index contributed by atoms with van der Waals surface area (Å²) in [5.41, 5.74) is 3.75. The molecule has 2 aromatic rings. The van der Waals surface area contributed by atoms with Gasteiger partial charge in [-0.2, -0.15) is 0 Å². The highest BCUT2D eigenvalue weighted by Gasteiger charge is 2.28. The fourth-order valence-corrected chi connectivity index (χ4v) is 2.50. The van der Waals surface area contributed by atoms with Crippen molar-refractivity contribution in [1.82, 2.24) is 21.3 Å². The van der Waals surface area contributed by atoms with Gasteiger partial charge in [-0.3, -0.25) is 25.2 Å². The van der Waals surface area contributed by atoms with Crippen LogP contribution in [0.2, 0.25) is 5.02 Å². The van der Waals surface area contributed by atoms with Gasteiger partial charge in [-0.15, -0.1) is 0 Å². The third-order valence-electron chi connectivity index (χ3n) is 3.70. The number of amides is 3. The molecule has 0 bridgehead atoms. The van der Waals surface area contributed by atoms with Crippen molar-refractivity contribution < 1.29 is 23.3 Å². The third kappa shape index (κ3) is 3.67. The molecule has 1 aliphatic rings. The highest BCUT2D eigenvalue weighted by atomic mass is 35.5. The predicted octanol–water partition coefficient (Wildman–Crippen LogP) is 1.48. The van der Waals surface area contributed by atoms with Gasteiger partial charge in [0, 0.05) is 6.04 Å². The Morgan fingerprint density at radius 2 is 1.96 bits per heavy atom. The minimum absolute atomic E-state index is 0.000861. The molecule has 3 amide bonds. The van der Waals surface area contributed by atoms with Crippen LogP contribution in [0, 0.1) is 12.7 Å². The Kier molecular flexibility index (Phi) is 4.90. The smallest absolute Gasteiger partial charge is 0.327 e. The van der Waals surface area contributed by atoms with Gasteiger partial charge in [-0.1, -0.05) is 22.8 Å². The van der Waals surface area contributed by atoms with Gasteiger partial charge in [0.25, 0.3) is 5.91 Å². The van der Waals surface area contributed by atoms with E-state index in [1.807, 2.05) is 5.43 Å². The Morgan fingerprint density at radius 1 is 1.23 bits per heavy atom. The number of benzene rings is 1. The van der Waals surface area contributed by atoms with Crippen LogP contribution in [0.3, 0.4) is 0 Å². The van der Waals surface area contributed by atoms with E-state index < -0.39 is 23.5 Å². The first-order valence-electron chi connectivity index (χ1n) is 7.70. The summed E-state index contributed by atoms with van der Waals surface area (Å²) in [6.07, 6.45) is 1.63. The Balaban J connectivity index is 1.77. The van der Waals surface area contributed by atoms with E-state index in [2.05, 4.69) is 15.9 Å². The molecule has 0 spiro atoms. The first kappa shape index (κ1) is 17.9. The topological polar surface area (TPSA) is 113 Å². The molecule has 1 aliphatic carbocycles. The van der Waals surface area contributed by atoms with Gasteiger partial charge in [0.1, 0.15) is 22.8 Å². The second-order valence-corrected chi connectivity index (χ2v) is 6.12. The van der Waals surface area contributed by atoms with E-state index in [1.165, 1.54) is 19.1 Å². The lowest BCUT2D eigenvalue weighted by Gasteiger charge is -2.08. The lowest BCUT2D eigenvalue weighted by atomic mass is 10.1. The average molecular weight is 381 g/mol. The van der Waals surface area contributed by atoms with E-state index in [9.17, 15) is 18.8 Å². The van der Waals surface area contributed by atoms with Gasteiger partial charge in [0.2, 0.25) is 0 Å². The number of rotatable bonds is 3. The summed E-state index contributed by atoms with van der Waals surface area (Å²) in [5.74, 6) is -3.30. The number of carbonyl (C=O) groups is 3. The number of hydrazine groups is 1. The quantitative estimate of drug-likeness (QED) is 0.551. The molecule has 26 heavy (non-hydrogen) atoms. The van der Waals surface area contributed by atoms with Crippen molar-refractivity contribution in [3.8, 4) is 11.3 Å². The molecule has 1 saturated carbocycles. The minimum atomic E-state index is -1.02. The lowest BCUT2D eigenvalue weighted by Crippen LogP contribution is -2.49. The summed E-state index contributed by atoms with van der Waals surface area (Å²) in [6.45, 7) is 1.45. The standard InChI is InChI=1S/C16H14ClFN4O4/c1-7-11(13(22-26-7)12-9(17)3-2-4-10(12)18)14(23)20-21-16(25)15(24)19-8-5-6-8/h2-4,8H,5-6H2,1H3,(H,19,24)(H,20,23)(H,21,25). The molecular formula is C16H14ClFN4O4. The zero-order valence-electron chi connectivity index (χ0n) is 13.6. The van der Waals surface area contributed by atoms with Crippen molar-refractivity contribution >= 4 is 29.3 Å². The molecular weight excluding hydrogens is 367 g/mol. The van der Waals surface area contributed by atoms with Crippen LogP contribution in [0.5, 0.6) is 0 Å². The van der Waals surface area contributed by atoms with Crippen molar-refractivity contribution in [3.63, 3.8) is 0 Å². The second-order valence-electron chi connectivity index (χ2n) is 5.72. The molecule has 1 fully saturated rings. The number of aromatic nitrogens is 1. The molecule has 8 nitrogen and oxygen atoms in total. The predicted molar refractivity (Wildman–Crippen MR) is 88.4 cm³/mol. The molecule has 0 unspecified atom stereocenters. The zero-order valence-corrected chi connectivity index (χ0v) is 14.3. The first-order chi connectivity index (χ1) is 12.4. The Hall–Kier alpha value is -2.94. The van der Waals surface area contributed by atoms with Crippen LogP contribution in [-0.2, 0) is 9.59 Å². The number of hydrogen-bond acceptors (Lipinski definition) is 5. The summed E-state index contributed by atoms with van der Waals surface area (Å²) >= 11 is 6.00. The largest absolute Gasteiger partial charge is 0.360 e. The van der Waals surface area contributed by atoms with E-state index in [0.29, 0.717) is 0 Å². The maximum Gasteiger partial charge on any atom is 0.327 e. The molecule has 0 radical (unpaired) electrons. The molecule has 1 aromatic carbocycles. The molecule has 1 aromatic heterocycles. The van der Waals surface area contributed by atoms with Crippen molar-refractivity contribution in [1.29, 1.82) is 0 Å². The molecule has 1 heterocycles. The molecule has 3 rings (SSSR count). The van der Waals surface area contributed by atoms with Gasteiger partial charge in [0.15, 0.2) is 0 Å². The summed E-state index contributed by atoms with van der Waals surface area (Å²) in [5, 5.41) is 6.20. The minimum Gasteiger partial charge on any atom is -0.360 e. The first-order valence-corrected chi connectivity index (χ1v) is 8.08. The van der Waals surface area contributed by atoms with E-state index in [0.717, 1.165) is 18.9 Å². The summed E-state index contributed by atoms with van der Waals surface area (Å²) in [6, 6.07) is 4.01. The number of hydrogen-bond donors (Lipinski definition) is 3. The summed E-state index contributed by atoms with van der Waals surface area (Å²) < 4.78 is 19.1. The number of nitrogens with zero attached hydrogens (tertiary/aromatic N) is 1. The molecule has 136 valence electrons. The van der Waals surface area contributed by atoms with Crippen LogP contribution in [0.1, 0.15) is 29.0 Å². The fourth-order valence-electron chi connectivity index (χ4n) is 2.25. The van der Waals surface area contributed by atoms with E-state index in [4.69, 9.17) is 16.1 Å². The van der Waals surface area contributed by atoms with E-state index >= 15 is 0 Å². The molecule has 10 heteroatoms. The Labute approximate surface area is 152 Å². The van der Waals surface area contributed by atoms with Crippen LogP contribution >= 0.6 is 11.6 Å². The summed E-state index contributed by atoms with van der Waals surface area (Å²) in [7, 11) is 0. The van der Waals surface area contributed by atoms with Crippen molar-refractivity contribution in [3.05, 3.63) is 40.4 Å².